The van der Waals surface area contributed by atoms with Crippen LogP contribution in [0.3, 0.4) is 0 Å². The van der Waals surface area contributed by atoms with Crippen LogP contribution in [-0.2, 0) is 22.6 Å². The number of nitrogens with one attached hydrogen (secondary N) is 1. The fourth-order valence-corrected chi connectivity index (χ4v) is 4.92. The van der Waals surface area contributed by atoms with Gasteiger partial charge in [-0.2, -0.15) is 0 Å². The maximum absolute atomic E-state index is 13.1. The van der Waals surface area contributed by atoms with Gasteiger partial charge in [-0.15, -0.1) is 11.3 Å². The summed E-state index contributed by atoms with van der Waals surface area (Å²) in [5, 5.41) is 5.22. The molecule has 0 radical (unpaired) electrons. The van der Waals surface area contributed by atoms with Gasteiger partial charge in [0.15, 0.2) is 0 Å². The van der Waals surface area contributed by atoms with E-state index in [9.17, 15) is 9.59 Å². The molecular formula is C27H31N3O4S. The van der Waals surface area contributed by atoms with Crippen molar-refractivity contribution in [3.8, 4) is 5.75 Å². The van der Waals surface area contributed by atoms with Crippen LogP contribution < -0.4 is 10.1 Å². The van der Waals surface area contributed by atoms with Gasteiger partial charge in [0.05, 0.1) is 12.6 Å². The minimum absolute atomic E-state index is 0.0759. The molecule has 1 aliphatic rings. The van der Waals surface area contributed by atoms with Crippen LogP contribution in [-0.4, -0.2) is 48.5 Å². The van der Waals surface area contributed by atoms with Gasteiger partial charge in [0.25, 0.3) is 5.91 Å². The predicted molar refractivity (Wildman–Crippen MR) is 136 cm³/mol. The molecule has 1 atom stereocenters. The second-order valence-electron chi connectivity index (χ2n) is 8.77. The molecule has 2 aromatic carbocycles. The molecule has 0 aliphatic carbocycles. The number of hydrogen-bond donors (Lipinski definition) is 1. The Balaban J connectivity index is 1.52. The smallest absolute Gasteiger partial charge is 0.270 e. The van der Waals surface area contributed by atoms with Crippen molar-refractivity contribution >= 4 is 23.2 Å². The Morgan fingerprint density at radius 1 is 1.20 bits per heavy atom. The summed E-state index contributed by atoms with van der Waals surface area (Å²) in [5.41, 5.74) is 3.78. The van der Waals surface area contributed by atoms with E-state index in [1.807, 2.05) is 49.1 Å². The number of nitrogens with zero attached hydrogens (tertiary/aromatic N) is 2. The summed E-state index contributed by atoms with van der Waals surface area (Å²) in [5.74, 6) is 0.562. The molecule has 1 aromatic heterocycles. The third kappa shape index (κ3) is 5.89. The van der Waals surface area contributed by atoms with Crippen LogP contribution in [0.25, 0.3) is 0 Å². The maximum atomic E-state index is 13.1. The molecular weight excluding hydrogens is 462 g/mol. The fraction of sp³-hybridized carbons (Fsp3) is 0.370. The number of amides is 2. The monoisotopic (exact) mass is 493 g/mol. The van der Waals surface area contributed by atoms with Crippen molar-refractivity contribution in [1.82, 2.24) is 15.2 Å². The second-order valence-corrected chi connectivity index (χ2v) is 9.72. The average molecular weight is 494 g/mol. The number of hydrogen-bond acceptors (Lipinski definition) is 6. The summed E-state index contributed by atoms with van der Waals surface area (Å²) in [6, 6.07) is 16.1. The van der Waals surface area contributed by atoms with Crippen molar-refractivity contribution in [3.63, 3.8) is 0 Å². The molecule has 1 N–H and O–H groups in total. The van der Waals surface area contributed by atoms with Crippen LogP contribution in [0.5, 0.6) is 5.75 Å². The van der Waals surface area contributed by atoms with Gasteiger partial charge < -0.3 is 19.7 Å². The summed E-state index contributed by atoms with van der Waals surface area (Å²) >= 11 is 1.39. The number of methoxy groups -OCH3 is 1. The van der Waals surface area contributed by atoms with Crippen LogP contribution >= 0.6 is 11.3 Å². The zero-order chi connectivity index (χ0) is 24.8. The van der Waals surface area contributed by atoms with Crippen molar-refractivity contribution in [2.24, 2.45) is 5.92 Å². The van der Waals surface area contributed by atoms with E-state index in [-0.39, 0.29) is 30.4 Å². The zero-order valence-corrected chi connectivity index (χ0v) is 21.1. The Morgan fingerprint density at radius 2 is 2.00 bits per heavy atom. The first-order valence-electron chi connectivity index (χ1n) is 11.8. The number of benzene rings is 2. The van der Waals surface area contributed by atoms with Gasteiger partial charge in [-0.1, -0.05) is 50.2 Å². The Hall–Kier alpha value is -3.23. The number of rotatable bonds is 9. The second kappa shape index (κ2) is 11.5. The maximum Gasteiger partial charge on any atom is 0.270 e. The third-order valence-corrected chi connectivity index (χ3v) is 6.80. The van der Waals surface area contributed by atoms with Gasteiger partial charge in [0.2, 0.25) is 5.91 Å². The molecule has 8 heteroatoms. The number of carbonyl (C=O) groups is 2. The van der Waals surface area contributed by atoms with Crippen molar-refractivity contribution in [2.45, 2.75) is 32.9 Å². The number of carbonyl (C=O) groups excluding carboxylic acids is 2. The predicted octanol–water partition coefficient (Wildman–Crippen LogP) is 4.23. The van der Waals surface area contributed by atoms with E-state index in [1.54, 1.807) is 12.5 Å². The molecule has 1 unspecified atom stereocenters. The molecule has 1 aliphatic heterocycles. The highest BCUT2D eigenvalue weighted by molar-refractivity contribution is 7.09. The standard InChI is InChI=1S/C27H31N3O4S/c1-18(2)27(32)30-13-11-19-9-10-21(15-22(19)25(30)20-7-5-4-6-8-20)34-16-24-29-23(17-35-24)26(31)28-12-14-33-3/h4-10,15,17-18,25H,11-14,16H2,1-3H3,(H,28,31). The number of aromatic nitrogens is 1. The summed E-state index contributed by atoms with van der Waals surface area (Å²) in [4.78, 5) is 31.6. The largest absolute Gasteiger partial charge is 0.486 e. The molecule has 0 fully saturated rings. The lowest BCUT2D eigenvalue weighted by molar-refractivity contribution is -0.136. The molecule has 7 nitrogen and oxygen atoms in total. The minimum atomic E-state index is -0.223. The lowest BCUT2D eigenvalue weighted by Gasteiger charge is -2.39. The van der Waals surface area contributed by atoms with E-state index in [0.717, 1.165) is 22.6 Å². The summed E-state index contributed by atoms with van der Waals surface area (Å²) in [6.07, 6.45) is 0.811. The van der Waals surface area contributed by atoms with Gasteiger partial charge in [-0.05, 0) is 35.2 Å². The van der Waals surface area contributed by atoms with Crippen LogP contribution in [0.15, 0.2) is 53.9 Å². The molecule has 4 rings (SSSR count). The van der Waals surface area contributed by atoms with Gasteiger partial charge in [0, 0.05) is 31.5 Å². The summed E-state index contributed by atoms with van der Waals surface area (Å²) < 4.78 is 11.0. The first kappa shape index (κ1) is 24.9. The molecule has 3 aromatic rings. The number of ether oxygens (including phenoxy) is 2. The lowest BCUT2D eigenvalue weighted by Crippen LogP contribution is -2.42. The van der Waals surface area contributed by atoms with Crippen molar-refractivity contribution < 1.29 is 19.1 Å². The van der Waals surface area contributed by atoms with Crippen LogP contribution in [0.1, 0.15) is 52.1 Å². The topological polar surface area (TPSA) is 80.8 Å². The Labute approximate surface area is 210 Å². The van der Waals surface area contributed by atoms with E-state index in [4.69, 9.17) is 9.47 Å². The number of thiazole rings is 1. The molecule has 2 heterocycles. The molecule has 0 saturated carbocycles. The SMILES string of the molecule is COCCNC(=O)c1csc(COc2ccc3c(c2)C(c2ccccc2)N(C(=O)C(C)C)CC3)n1. The molecule has 0 saturated heterocycles. The minimum Gasteiger partial charge on any atom is -0.486 e. The van der Waals surface area contributed by atoms with E-state index < -0.39 is 0 Å². The summed E-state index contributed by atoms with van der Waals surface area (Å²) in [6.45, 7) is 5.73. The highest BCUT2D eigenvalue weighted by Gasteiger charge is 2.33. The fourth-order valence-electron chi connectivity index (χ4n) is 4.23. The van der Waals surface area contributed by atoms with Crippen LogP contribution in [0.4, 0.5) is 0 Å². The van der Waals surface area contributed by atoms with Gasteiger partial charge >= 0.3 is 0 Å². The van der Waals surface area contributed by atoms with Crippen molar-refractivity contribution in [2.75, 3.05) is 26.8 Å². The average Bonchev–Trinajstić information content (AvgIpc) is 3.36. The van der Waals surface area contributed by atoms with Crippen LogP contribution in [0.2, 0.25) is 0 Å². The van der Waals surface area contributed by atoms with E-state index in [1.165, 1.54) is 16.9 Å². The molecule has 2 amide bonds. The van der Waals surface area contributed by atoms with E-state index in [2.05, 4.69) is 28.5 Å². The molecule has 0 spiro atoms. The highest BCUT2D eigenvalue weighted by atomic mass is 32.1. The molecule has 184 valence electrons. The Kier molecular flexibility index (Phi) is 8.15. The lowest BCUT2D eigenvalue weighted by atomic mass is 9.87. The zero-order valence-electron chi connectivity index (χ0n) is 20.3. The molecule has 35 heavy (non-hydrogen) atoms. The third-order valence-electron chi connectivity index (χ3n) is 5.98. The highest BCUT2D eigenvalue weighted by Crippen LogP contribution is 2.38. The Bertz CT molecular complexity index is 1160. The van der Waals surface area contributed by atoms with E-state index >= 15 is 0 Å². The number of fused-ring (bicyclic) bond motifs is 1. The normalized spacial score (nSPS) is 15.1. The van der Waals surface area contributed by atoms with Gasteiger partial charge in [-0.3, -0.25) is 9.59 Å². The van der Waals surface area contributed by atoms with Gasteiger partial charge in [0.1, 0.15) is 23.1 Å². The first-order valence-corrected chi connectivity index (χ1v) is 12.7. The quantitative estimate of drug-likeness (QED) is 0.451. The van der Waals surface area contributed by atoms with Crippen molar-refractivity contribution in [3.05, 3.63) is 81.3 Å². The first-order chi connectivity index (χ1) is 17.0. The van der Waals surface area contributed by atoms with Gasteiger partial charge in [-0.25, -0.2) is 4.98 Å². The summed E-state index contributed by atoms with van der Waals surface area (Å²) in [7, 11) is 1.59. The Morgan fingerprint density at radius 3 is 2.74 bits per heavy atom. The van der Waals surface area contributed by atoms with Crippen molar-refractivity contribution in [1.29, 1.82) is 0 Å². The van der Waals surface area contributed by atoms with E-state index in [0.29, 0.717) is 31.1 Å². The van der Waals surface area contributed by atoms with Crippen LogP contribution in [0, 0.1) is 5.92 Å². The molecule has 0 bridgehead atoms.